The van der Waals surface area contributed by atoms with E-state index >= 15 is 0 Å². The highest BCUT2D eigenvalue weighted by Crippen LogP contribution is 2.76. The summed E-state index contributed by atoms with van der Waals surface area (Å²) >= 11 is 0. The van der Waals surface area contributed by atoms with Crippen LogP contribution in [0.1, 0.15) is 105 Å². The molecule has 0 spiro atoms. The molecule has 1 aromatic rings. The number of carbonyl (C=O) groups is 2. The number of esters is 1. The maximum Gasteiger partial charge on any atom is 0.330 e. The third-order valence-corrected chi connectivity index (χ3v) is 15.1. The molecule has 4 fully saturated rings. The van der Waals surface area contributed by atoms with Gasteiger partial charge in [-0.2, -0.15) is 0 Å². The first-order valence-electron chi connectivity index (χ1n) is 17.9. The van der Waals surface area contributed by atoms with Gasteiger partial charge in [-0.3, -0.25) is 4.79 Å². The maximum atomic E-state index is 13.5. The number of aromatic hydroxyl groups is 1. The molecule has 7 heteroatoms. The van der Waals surface area contributed by atoms with Crippen LogP contribution in [0.25, 0.3) is 6.08 Å². The second-order valence-corrected chi connectivity index (χ2v) is 17.1. The molecule has 5 aliphatic rings. The topological polar surface area (TPSA) is 113 Å². The van der Waals surface area contributed by atoms with E-state index in [9.17, 15) is 24.9 Å². The van der Waals surface area contributed by atoms with Gasteiger partial charge in [-0.1, -0.05) is 59.3 Å². The third kappa shape index (κ3) is 4.91. The molecule has 3 N–H and O–H groups in total. The molecule has 1 aromatic carbocycles. The highest BCUT2D eigenvalue weighted by Gasteiger charge is 2.71. The first-order valence-corrected chi connectivity index (χ1v) is 17.9. The van der Waals surface area contributed by atoms with E-state index in [2.05, 4.69) is 47.6 Å². The minimum absolute atomic E-state index is 0.0133. The van der Waals surface area contributed by atoms with Gasteiger partial charge in [0.15, 0.2) is 11.5 Å². The number of phenolic OH excluding ortho intramolecular Hbond substituents is 1. The fourth-order valence-electron chi connectivity index (χ4n) is 12.2. The molecule has 258 valence electrons. The normalized spacial score (nSPS) is 42.3. The van der Waals surface area contributed by atoms with Crippen molar-refractivity contribution in [1.29, 1.82) is 0 Å². The second-order valence-electron chi connectivity index (χ2n) is 17.1. The Morgan fingerprint density at radius 3 is 2.43 bits per heavy atom. The van der Waals surface area contributed by atoms with E-state index in [1.165, 1.54) is 24.8 Å². The van der Waals surface area contributed by atoms with Gasteiger partial charge in [0.2, 0.25) is 0 Å². The number of benzene rings is 1. The number of methoxy groups -OCH3 is 1. The summed E-state index contributed by atoms with van der Waals surface area (Å²) in [6.45, 7) is 14.1. The zero-order chi connectivity index (χ0) is 34.2. The fraction of sp³-hybridized carbons (Fsp3) is 0.700. The number of hydrogen-bond donors (Lipinski definition) is 3. The molecule has 0 aromatic heterocycles. The molecule has 0 unspecified atom stereocenters. The molecule has 0 heterocycles. The number of carboxylic acid groups (broad SMARTS) is 1. The van der Waals surface area contributed by atoms with Crippen LogP contribution in [0.15, 0.2) is 35.9 Å². The van der Waals surface area contributed by atoms with Crippen molar-refractivity contribution in [1.82, 2.24) is 0 Å². The molecule has 7 nitrogen and oxygen atoms in total. The van der Waals surface area contributed by atoms with Gasteiger partial charge in [0.25, 0.3) is 0 Å². The highest BCUT2D eigenvalue weighted by molar-refractivity contribution is 5.87. The van der Waals surface area contributed by atoms with Crippen molar-refractivity contribution in [2.45, 2.75) is 105 Å². The molecule has 0 bridgehead atoms. The average molecular weight is 649 g/mol. The summed E-state index contributed by atoms with van der Waals surface area (Å²) < 4.78 is 11.5. The monoisotopic (exact) mass is 648 g/mol. The molecule has 10 atom stereocenters. The van der Waals surface area contributed by atoms with Gasteiger partial charge in [0.05, 0.1) is 18.6 Å². The van der Waals surface area contributed by atoms with Gasteiger partial charge in [0, 0.05) is 11.5 Å². The van der Waals surface area contributed by atoms with Crippen molar-refractivity contribution >= 4 is 18.0 Å². The van der Waals surface area contributed by atoms with E-state index in [1.54, 1.807) is 18.2 Å². The molecule has 0 radical (unpaired) electrons. The summed E-state index contributed by atoms with van der Waals surface area (Å²) in [7, 11) is 1.49. The van der Waals surface area contributed by atoms with E-state index in [0.29, 0.717) is 48.3 Å². The highest BCUT2D eigenvalue weighted by atomic mass is 16.5. The van der Waals surface area contributed by atoms with Crippen LogP contribution in [0.4, 0.5) is 0 Å². The van der Waals surface area contributed by atoms with Gasteiger partial charge in [-0.25, -0.2) is 4.79 Å². The van der Waals surface area contributed by atoms with Gasteiger partial charge >= 0.3 is 11.9 Å². The number of ether oxygens (including phenoxy) is 2. The van der Waals surface area contributed by atoms with Gasteiger partial charge in [-0.15, -0.1) is 0 Å². The Balaban J connectivity index is 1.40. The number of aliphatic carboxylic acids is 1. The van der Waals surface area contributed by atoms with Gasteiger partial charge in [-0.05, 0) is 127 Å². The number of carbonyl (C=O) groups excluding carboxylic acids is 1. The lowest BCUT2D eigenvalue weighted by Gasteiger charge is -2.71. The van der Waals surface area contributed by atoms with Crippen LogP contribution in [0, 0.1) is 56.7 Å². The molecule has 0 aliphatic heterocycles. The van der Waals surface area contributed by atoms with Crippen LogP contribution in [0.5, 0.6) is 11.5 Å². The first-order chi connectivity index (χ1) is 22.1. The lowest BCUT2D eigenvalue weighted by atomic mass is 9.33. The quantitative estimate of drug-likeness (QED) is 0.163. The number of rotatable bonds is 6. The summed E-state index contributed by atoms with van der Waals surface area (Å²) in [6.07, 6.45) is 12.7. The zero-order valence-corrected chi connectivity index (χ0v) is 29.5. The van der Waals surface area contributed by atoms with Crippen LogP contribution < -0.4 is 4.74 Å². The smallest absolute Gasteiger partial charge is 0.330 e. The molecule has 0 amide bonds. The molecule has 6 rings (SSSR count). The van der Waals surface area contributed by atoms with E-state index in [4.69, 9.17) is 9.47 Å². The SMILES string of the molecule is COc1cc(/C=C/C(=O)OC[C@@]23CC[C@@]4(C(=O)O)CC[C@@H](C)[C@H](C)[C@H]4C2=CC[C@@H]2[C@@]4(C)CC[C@H](O)C(C)(C)[C@@H]4CC[C@]23C)ccc1O. The first kappa shape index (κ1) is 34.1. The summed E-state index contributed by atoms with van der Waals surface area (Å²) in [6, 6.07) is 4.92. The Hall–Kier alpha value is -2.80. The number of phenols is 1. The largest absolute Gasteiger partial charge is 0.504 e. The Bertz CT molecular complexity index is 1480. The number of fused-ring (bicyclic) bond motifs is 7. The summed E-state index contributed by atoms with van der Waals surface area (Å²) in [5.74, 6) is 0.499. The minimum Gasteiger partial charge on any atom is -0.504 e. The number of aliphatic hydroxyl groups excluding tert-OH is 1. The molecule has 0 saturated heterocycles. The Kier molecular flexibility index (Phi) is 8.46. The predicted octanol–water partition coefficient (Wildman–Crippen LogP) is 8.04. The summed E-state index contributed by atoms with van der Waals surface area (Å²) in [4.78, 5) is 26.7. The summed E-state index contributed by atoms with van der Waals surface area (Å²) in [5.41, 5.74) is 0.329. The lowest BCUT2D eigenvalue weighted by molar-refractivity contribution is -0.218. The second kappa shape index (κ2) is 11.7. The predicted molar refractivity (Wildman–Crippen MR) is 182 cm³/mol. The summed E-state index contributed by atoms with van der Waals surface area (Å²) in [5, 5.41) is 32.0. The number of carboxylic acids is 1. The third-order valence-electron chi connectivity index (χ3n) is 15.1. The van der Waals surface area contributed by atoms with Gasteiger partial charge < -0.3 is 24.8 Å². The van der Waals surface area contributed by atoms with E-state index in [1.807, 2.05) is 0 Å². The molecule has 47 heavy (non-hydrogen) atoms. The fourth-order valence-corrected chi connectivity index (χ4v) is 12.2. The zero-order valence-electron chi connectivity index (χ0n) is 29.5. The van der Waals surface area contributed by atoms with Crippen molar-refractivity contribution in [3.8, 4) is 11.5 Å². The Morgan fingerprint density at radius 2 is 1.72 bits per heavy atom. The number of aliphatic hydroxyl groups is 1. The van der Waals surface area contributed by atoms with Crippen molar-refractivity contribution in [2.75, 3.05) is 13.7 Å². The standard InChI is InChI=1S/C40H56O7/c1-24-14-19-39(35(44)45)20-21-40(23-47-33(43)13-9-26-8-11-28(41)29(22-26)46-7)27(34(39)25(24)2)10-12-31-37(5)17-16-32(42)36(3,4)30(37)15-18-38(31,40)6/h8-11,13,22,24-25,30-32,34,41-42H,12,14-21,23H2,1-7H3,(H,44,45)/b13-9+/t24-,25+,30+,31-,32+,34+,37+,38-,39+,40+/m1/s1. The molecule has 4 saturated carbocycles. The van der Waals surface area contributed by atoms with Gasteiger partial charge in [0.1, 0.15) is 6.61 Å². The van der Waals surface area contributed by atoms with E-state index < -0.39 is 22.8 Å². The van der Waals surface area contributed by atoms with Crippen LogP contribution in [0.3, 0.4) is 0 Å². The average Bonchev–Trinajstić information content (AvgIpc) is 3.03. The maximum absolute atomic E-state index is 13.5. The van der Waals surface area contributed by atoms with Crippen molar-refractivity contribution in [3.05, 3.63) is 41.5 Å². The molecular weight excluding hydrogens is 592 g/mol. The minimum atomic E-state index is -0.787. The van der Waals surface area contributed by atoms with Crippen molar-refractivity contribution < 1.29 is 34.4 Å². The number of allylic oxidation sites excluding steroid dienone is 1. The van der Waals surface area contributed by atoms with Crippen LogP contribution in [-0.4, -0.2) is 47.1 Å². The Labute approximate surface area is 280 Å². The van der Waals surface area contributed by atoms with Crippen LogP contribution in [-0.2, 0) is 14.3 Å². The Morgan fingerprint density at radius 1 is 0.979 bits per heavy atom. The molecule has 5 aliphatic carbocycles. The lowest BCUT2D eigenvalue weighted by Crippen LogP contribution is -2.67. The van der Waals surface area contributed by atoms with Crippen LogP contribution >= 0.6 is 0 Å². The van der Waals surface area contributed by atoms with E-state index in [0.717, 1.165) is 38.5 Å². The number of hydrogen-bond acceptors (Lipinski definition) is 6. The van der Waals surface area contributed by atoms with Crippen molar-refractivity contribution in [3.63, 3.8) is 0 Å². The molecular formula is C40H56O7. The van der Waals surface area contributed by atoms with Crippen molar-refractivity contribution in [2.24, 2.45) is 56.7 Å². The van der Waals surface area contributed by atoms with Crippen LogP contribution in [0.2, 0.25) is 0 Å². The van der Waals surface area contributed by atoms with E-state index in [-0.39, 0.29) is 46.5 Å².